The van der Waals surface area contributed by atoms with E-state index >= 15 is 0 Å². The number of quaternary nitrogens is 1. The number of carbonyl (C=O) groups excluding carboxylic acids is 1. The molecule has 0 aliphatic carbocycles. The van der Waals surface area contributed by atoms with Gasteiger partial charge in [0, 0.05) is 0 Å². The van der Waals surface area contributed by atoms with Crippen LogP contribution in [0.1, 0.15) is 29.4 Å². The smallest absolute Gasteiger partial charge is 0.254 e. The lowest BCUT2D eigenvalue weighted by molar-refractivity contribution is -0.856. The van der Waals surface area contributed by atoms with Crippen molar-refractivity contribution in [3.63, 3.8) is 0 Å². The van der Waals surface area contributed by atoms with E-state index in [4.69, 9.17) is 23.2 Å². The van der Waals surface area contributed by atoms with Crippen LogP contribution in [0.5, 0.6) is 0 Å². The Hall–Kier alpha value is -1.56. The van der Waals surface area contributed by atoms with Crippen molar-refractivity contribution in [3.8, 4) is 5.69 Å². The van der Waals surface area contributed by atoms with E-state index in [1.54, 1.807) is 23.0 Å². The molecule has 1 amide bonds. The first kappa shape index (κ1) is 18.8. The van der Waals surface area contributed by atoms with Gasteiger partial charge in [0.2, 0.25) is 0 Å². The Labute approximate surface area is 152 Å². The molecule has 0 unspecified atom stereocenters. The fourth-order valence-electron chi connectivity index (χ4n) is 2.40. The van der Waals surface area contributed by atoms with Crippen LogP contribution in [-0.4, -0.2) is 42.9 Å². The molecule has 1 aromatic heterocycles. The number of hydrogen-bond donors (Lipinski definition) is 2. The summed E-state index contributed by atoms with van der Waals surface area (Å²) in [4.78, 5) is 13.8. The van der Waals surface area contributed by atoms with Gasteiger partial charge in [0.25, 0.3) is 5.91 Å². The minimum Gasteiger partial charge on any atom is -0.346 e. The molecule has 0 bridgehead atoms. The minimum atomic E-state index is -0.0917. The first-order chi connectivity index (χ1) is 11.4. The van der Waals surface area contributed by atoms with Crippen LogP contribution >= 0.6 is 23.2 Å². The van der Waals surface area contributed by atoms with Gasteiger partial charge in [-0.05, 0) is 24.6 Å². The van der Waals surface area contributed by atoms with Gasteiger partial charge in [-0.25, -0.2) is 4.68 Å². The number of nitrogens with zero attached hydrogens (tertiary/aromatic N) is 2. The SMILES string of the molecule is CCCc1c(C(=O)NCC[NH+](C)C)cnn1-c1ccc(Cl)c(Cl)c1. The summed E-state index contributed by atoms with van der Waals surface area (Å²) in [7, 11) is 4.11. The third kappa shape index (κ3) is 4.50. The monoisotopic (exact) mass is 369 g/mol. The van der Waals surface area contributed by atoms with Crippen molar-refractivity contribution in [2.75, 3.05) is 27.2 Å². The molecule has 0 spiro atoms. The number of halogens is 2. The maximum Gasteiger partial charge on any atom is 0.254 e. The Bertz CT molecular complexity index is 713. The third-order valence-corrected chi connectivity index (χ3v) is 4.40. The van der Waals surface area contributed by atoms with Crippen molar-refractivity contribution in [2.45, 2.75) is 19.8 Å². The topological polar surface area (TPSA) is 51.4 Å². The van der Waals surface area contributed by atoms with Crippen LogP contribution in [0.2, 0.25) is 10.0 Å². The molecule has 2 N–H and O–H groups in total. The molecule has 0 atom stereocenters. The molecule has 0 aliphatic heterocycles. The van der Waals surface area contributed by atoms with Gasteiger partial charge in [0.05, 0.1) is 60.4 Å². The van der Waals surface area contributed by atoms with Gasteiger partial charge in [-0.1, -0.05) is 36.5 Å². The summed E-state index contributed by atoms with van der Waals surface area (Å²) in [6.45, 7) is 3.57. The van der Waals surface area contributed by atoms with E-state index in [2.05, 4.69) is 31.4 Å². The summed E-state index contributed by atoms with van der Waals surface area (Å²) in [5.74, 6) is -0.0917. The lowest BCUT2D eigenvalue weighted by Crippen LogP contribution is -3.06. The molecule has 2 aromatic rings. The van der Waals surface area contributed by atoms with Crippen molar-refractivity contribution in [2.24, 2.45) is 0 Å². The lowest BCUT2D eigenvalue weighted by atomic mass is 10.1. The van der Waals surface area contributed by atoms with E-state index in [0.717, 1.165) is 30.8 Å². The summed E-state index contributed by atoms with van der Waals surface area (Å²) in [6.07, 6.45) is 3.28. The molecule has 5 nitrogen and oxygen atoms in total. The summed E-state index contributed by atoms with van der Waals surface area (Å²) >= 11 is 12.1. The van der Waals surface area contributed by atoms with Gasteiger partial charge in [-0.15, -0.1) is 0 Å². The van der Waals surface area contributed by atoms with E-state index in [1.807, 2.05) is 6.07 Å². The second-order valence-electron chi connectivity index (χ2n) is 5.98. The number of rotatable bonds is 7. The maximum atomic E-state index is 12.5. The van der Waals surface area contributed by atoms with Gasteiger partial charge >= 0.3 is 0 Å². The van der Waals surface area contributed by atoms with Gasteiger partial charge in [-0.3, -0.25) is 4.79 Å². The van der Waals surface area contributed by atoms with Crippen LogP contribution in [0.15, 0.2) is 24.4 Å². The zero-order valence-electron chi connectivity index (χ0n) is 14.2. The normalized spacial score (nSPS) is 11.1. The summed E-state index contributed by atoms with van der Waals surface area (Å²) in [5, 5.41) is 8.30. The van der Waals surface area contributed by atoms with Gasteiger partial charge in [0.1, 0.15) is 0 Å². The minimum absolute atomic E-state index is 0.0917. The highest BCUT2D eigenvalue weighted by atomic mass is 35.5. The van der Waals surface area contributed by atoms with Crippen LogP contribution in [0.25, 0.3) is 5.69 Å². The fraction of sp³-hybridized carbons (Fsp3) is 0.412. The van der Waals surface area contributed by atoms with Crippen molar-refractivity contribution in [3.05, 3.63) is 45.7 Å². The quantitative estimate of drug-likeness (QED) is 0.784. The number of amides is 1. The molecule has 0 aliphatic rings. The Kier molecular flexibility index (Phi) is 6.66. The van der Waals surface area contributed by atoms with Crippen LogP contribution in [0.3, 0.4) is 0 Å². The van der Waals surface area contributed by atoms with Crippen molar-refractivity contribution < 1.29 is 9.69 Å². The first-order valence-electron chi connectivity index (χ1n) is 8.03. The van der Waals surface area contributed by atoms with E-state index < -0.39 is 0 Å². The average molecular weight is 370 g/mol. The van der Waals surface area contributed by atoms with E-state index in [0.29, 0.717) is 22.2 Å². The van der Waals surface area contributed by atoms with E-state index in [-0.39, 0.29) is 5.91 Å². The van der Waals surface area contributed by atoms with Crippen molar-refractivity contribution in [1.82, 2.24) is 15.1 Å². The molecule has 1 heterocycles. The molecule has 0 fully saturated rings. The number of nitrogens with one attached hydrogen (secondary N) is 2. The molecule has 130 valence electrons. The molecule has 0 radical (unpaired) electrons. The molecular weight excluding hydrogens is 347 g/mol. The molecule has 2 rings (SSSR count). The Morgan fingerprint density at radius 1 is 1.29 bits per heavy atom. The van der Waals surface area contributed by atoms with Crippen LogP contribution in [0.4, 0.5) is 0 Å². The Morgan fingerprint density at radius 2 is 2.04 bits per heavy atom. The number of likely N-dealkylation sites (N-methyl/N-ethyl adjacent to an activating group) is 1. The predicted octanol–water partition coefficient (Wildman–Crippen LogP) is 2.01. The first-order valence-corrected chi connectivity index (χ1v) is 8.79. The molecule has 0 saturated heterocycles. The fourth-order valence-corrected chi connectivity index (χ4v) is 2.69. The van der Waals surface area contributed by atoms with Crippen molar-refractivity contribution in [1.29, 1.82) is 0 Å². The number of carbonyl (C=O) groups is 1. The lowest BCUT2D eigenvalue weighted by Gasteiger charge is -2.11. The summed E-state index contributed by atoms with van der Waals surface area (Å²) in [5.41, 5.74) is 2.28. The van der Waals surface area contributed by atoms with Crippen LogP contribution < -0.4 is 10.2 Å². The molecule has 7 heteroatoms. The molecule has 24 heavy (non-hydrogen) atoms. The maximum absolute atomic E-state index is 12.5. The summed E-state index contributed by atoms with van der Waals surface area (Å²) in [6, 6.07) is 5.33. The zero-order chi connectivity index (χ0) is 17.7. The Balaban J connectivity index is 2.29. The van der Waals surface area contributed by atoms with Crippen molar-refractivity contribution >= 4 is 29.1 Å². The van der Waals surface area contributed by atoms with Gasteiger partial charge in [0.15, 0.2) is 0 Å². The predicted molar refractivity (Wildman–Crippen MR) is 97.6 cm³/mol. The highest BCUT2D eigenvalue weighted by Gasteiger charge is 2.18. The molecular formula is C17H23Cl2N4O+. The second kappa shape index (κ2) is 8.51. The van der Waals surface area contributed by atoms with E-state index in [9.17, 15) is 4.79 Å². The largest absolute Gasteiger partial charge is 0.346 e. The number of hydrogen-bond acceptors (Lipinski definition) is 2. The summed E-state index contributed by atoms with van der Waals surface area (Å²) < 4.78 is 1.76. The average Bonchev–Trinajstić information content (AvgIpc) is 2.94. The molecule has 1 aromatic carbocycles. The molecule has 0 saturated carbocycles. The number of aromatic nitrogens is 2. The van der Waals surface area contributed by atoms with E-state index in [1.165, 1.54) is 4.90 Å². The Morgan fingerprint density at radius 3 is 2.67 bits per heavy atom. The van der Waals surface area contributed by atoms with Crippen LogP contribution in [-0.2, 0) is 6.42 Å². The zero-order valence-corrected chi connectivity index (χ0v) is 15.7. The second-order valence-corrected chi connectivity index (χ2v) is 6.79. The highest BCUT2D eigenvalue weighted by Crippen LogP contribution is 2.26. The van der Waals surface area contributed by atoms with Gasteiger partial charge in [-0.2, -0.15) is 5.10 Å². The highest BCUT2D eigenvalue weighted by molar-refractivity contribution is 6.42. The third-order valence-electron chi connectivity index (χ3n) is 3.66. The van der Waals surface area contributed by atoms with Gasteiger partial charge < -0.3 is 10.2 Å². The standard InChI is InChI=1S/C17H22Cl2N4O/c1-4-5-16-13(17(24)20-8-9-22(2)3)11-21-23(16)12-6-7-14(18)15(19)10-12/h6-7,10-11H,4-5,8-9H2,1-3H3,(H,20,24)/p+1. The van der Waals surface area contributed by atoms with Crippen LogP contribution in [0, 0.1) is 0 Å². The number of benzene rings is 1.